The quantitative estimate of drug-likeness (QED) is 0.857. The van der Waals surface area contributed by atoms with Crippen LogP contribution in [0.2, 0.25) is 0 Å². The summed E-state index contributed by atoms with van der Waals surface area (Å²) in [6.07, 6.45) is 7.13. The van der Waals surface area contributed by atoms with Gasteiger partial charge in [-0.25, -0.2) is 9.18 Å². The van der Waals surface area contributed by atoms with Crippen LogP contribution in [0.3, 0.4) is 0 Å². The highest BCUT2D eigenvalue weighted by Gasteiger charge is 2.20. The molecule has 1 amide bonds. The summed E-state index contributed by atoms with van der Waals surface area (Å²) in [4.78, 5) is 23.2. The van der Waals surface area contributed by atoms with Crippen molar-refractivity contribution in [3.63, 3.8) is 0 Å². The van der Waals surface area contributed by atoms with Gasteiger partial charge in [0, 0.05) is 12.6 Å². The lowest BCUT2D eigenvalue weighted by molar-refractivity contribution is -0.114. The molecule has 120 valence electrons. The van der Waals surface area contributed by atoms with Gasteiger partial charge in [0.15, 0.2) is 0 Å². The molecule has 1 aromatic carbocycles. The number of ether oxygens (including phenoxy) is 1. The van der Waals surface area contributed by atoms with Gasteiger partial charge in [-0.3, -0.25) is 4.79 Å². The molecular weight excluding hydrogens is 285 g/mol. The Morgan fingerprint density at radius 2 is 1.77 bits per heavy atom. The Bertz CT molecular complexity index is 537. The summed E-state index contributed by atoms with van der Waals surface area (Å²) in [6.45, 7) is 1.36. The molecule has 0 aromatic heterocycles. The molecule has 4 nitrogen and oxygen atoms in total. The number of hydrogen-bond donors (Lipinski definition) is 1. The number of rotatable bonds is 3. The SMILES string of the molecule is CC(=O)Nc1ccc(F)c(C(=O)OC2CCCCCCC2)c1. The molecule has 22 heavy (non-hydrogen) atoms. The number of esters is 1. The molecule has 2 rings (SSSR count). The minimum atomic E-state index is -0.657. The molecule has 0 spiro atoms. The number of hydrogen-bond acceptors (Lipinski definition) is 3. The van der Waals surface area contributed by atoms with Gasteiger partial charge in [0.05, 0.1) is 5.56 Å². The van der Waals surface area contributed by atoms with E-state index in [-0.39, 0.29) is 17.6 Å². The maximum absolute atomic E-state index is 13.8. The Morgan fingerprint density at radius 1 is 1.14 bits per heavy atom. The van der Waals surface area contributed by atoms with Crippen molar-refractivity contribution in [2.75, 3.05) is 5.32 Å². The summed E-state index contributed by atoms with van der Waals surface area (Å²) in [5.74, 6) is -1.56. The second kappa shape index (κ2) is 7.92. The first-order valence-electron chi connectivity index (χ1n) is 7.84. The van der Waals surface area contributed by atoms with Crippen molar-refractivity contribution in [2.45, 2.75) is 58.0 Å². The van der Waals surface area contributed by atoms with E-state index in [1.165, 1.54) is 31.5 Å². The van der Waals surface area contributed by atoms with E-state index in [0.717, 1.165) is 38.5 Å². The Labute approximate surface area is 130 Å². The van der Waals surface area contributed by atoms with Crippen LogP contribution in [0.4, 0.5) is 10.1 Å². The summed E-state index contributed by atoms with van der Waals surface area (Å²) in [6, 6.07) is 3.91. The van der Waals surface area contributed by atoms with Crippen molar-refractivity contribution in [1.82, 2.24) is 0 Å². The van der Waals surface area contributed by atoms with Gasteiger partial charge in [-0.05, 0) is 43.9 Å². The Morgan fingerprint density at radius 3 is 2.41 bits per heavy atom. The second-order valence-corrected chi connectivity index (χ2v) is 5.75. The maximum atomic E-state index is 13.8. The first-order valence-corrected chi connectivity index (χ1v) is 7.84. The van der Waals surface area contributed by atoms with Crippen molar-refractivity contribution in [3.8, 4) is 0 Å². The Balaban J connectivity index is 2.05. The lowest BCUT2D eigenvalue weighted by Gasteiger charge is -2.20. The highest BCUT2D eigenvalue weighted by molar-refractivity contribution is 5.94. The monoisotopic (exact) mass is 307 g/mol. The van der Waals surface area contributed by atoms with Gasteiger partial charge in [-0.15, -0.1) is 0 Å². The van der Waals surface area contributed by atoms with E-state index >= 15 is 0 Å². The normalized spacial score (nSPS) is 16.5. The number of carbonyl (C=O) groups is 2. The first kappa shape index (κ1) is 16.5. The summed E-state index contributed by atoms with van der Waals surface area (Å²) < 4.78 is 19.3. The summed E-state index contributed by atoms with van der Waals surface area (Å²) >= 11 is 0. The molecule has 1 aliphatic carbocycles. The third kappa shape index (κ3) is 4.83. The fraction of sp³-hybridized carbons (Fsp3) is 0.529. The van der Waals surface area contributed by atoms with Crippen LogP contribution in [0, 0.1) is 5.82 Å². The molecule has 5 heteroatoms. The zero-order valence-electron chi connectivity index (χ0n) is 12.9. The number of halogens is 1. The lowest BCUT2D eigenvalue weighted by Crippen LogP contribution is -2.20. The first-order chi connectivity index (χ1) is 10.6. The number of amides is 1. The highest BCUT2D eigenvalue weighted by Crippen LogP contribution is 2.22. The molecule has 0 aliphatic heterocycles. The zero-order valence-corrected chi connectivity index (χ0v) is 12.9. The fourth-order valence-electron chi connectivity index (χ4n) is 2.71. The van der Waals surface area contributed by atoms with E-state index < -0.39 is 11.8 Å². The van der Waals surface area contributed by atoms with E-state index in [2.05, 4.69) is 5.32 Å². The van der Waals surface area contributed by atoms with E-state index in [1.54, 1.807) is 0 Å². The smallest absolute Gasteiger partial charge is 0.341 e. The number of benzene rings is 1. The van der Waals surface area contributed by atoms with Crippen LogP contribution in [0.25, 0.3) is 0 Å². The van der Waals surface area contributed by atoms with Crippen LogP contribution in [-0.2, 0) is 9.53 Å². The predicted octanol–water partition coefficient (Wildman–Crippen LogP) is 4.05. The topological polar surface area (TPSA) is 55.4 Å². The van der Waals surface area contributed by atoms with Gasteiger partial charge in [0.1, 0.15) is 11.9 Å². The van der Waals surface area contributed by atoms with E-state index in [4.69, 9.17) is 4.74 Å². The van der Waals surface area contributed by atoms with E-state index in [0.29, 0.717) is 5.69 Å². The molecule has 1 N–H and O–H groups in total. The summed E-state index contributed by atoms with van der Waals surface area (Å²) in [5, 5.41) is 2.54. The Kier molecular flexibility index (Phi) is 5.92. The van der Waals surface area contributed by atoms with Crippen LogP contribution in [-0.4, -0.2) is 18.0 Å². The molecule has 0 heterocycles. The average molecular weight is 307 g/mol. The lowest BCUT2D eigenvalue weighted by atomic mass is 9.98. The average Bonchev–Trinajstić information content (AvgIpc) is 2.43. The van der Waals surface area contributed by atoms with Crippen LogP contribution < -0.4 is 5.32 Å². The zero-order chi connectivity index (χ0) is 15.9. The van der Waals surface area contributed by atoms with Crippen LogP contribution in [0.5, 0.6) is 0 Å². The standard InChI is InChI=1S/C17H22FNO3/c1-12(20)19-13-9-10-16(18)15(11-13)17(21)22-14-7-5-3-2-4-6-8-14/h9-11,14H,2-8H2,1H3,(H,19,20). The fourth-order valence-corrected chi connectivity index (χ4v) is 2.71. The molecule has 0 atom stereocenters. The van der Waals surface area contributed by atoms with E-state index in [1.807, 2.05) is 0 Å². The number of nitrogens with one attached hydrogen (secondary N) is 1. The van der Waals surface area contributed by atoms with Crippen molar-refractivity contribution >= 4 is 17.6 Å². The highest BCUT2D eigenvalue weighted by atomic mass is 19.1. The molecule has 0 radical (unpaired) electrons. The number of anilines is 1. The molecule has 1 saturated carbocycles. The van der Waals surface area contributed by atoms with Crippen molar-refractivity contribution in [1.29, 1.82) is 0 Å². The molecule has 1 aromatic rings. The molecule has 1 fully saturated rings. The van der Waals surface area contributed by atoms with Gasteiger partial charge >= 0.3 is 5.97 Å². The minimum Gasteiger partial charge on any atom is -0.459 e. The predicted molar refractivity (Wildman–Crippen MR) is 82.2 cm³/mol. The molecule has 0 unspecified atom stereocenters. The van der Waals surface area contributed by atoms with Crippen LogP contribution >= 0.6 is 0 Å². The Hall–Kier alpha value is -1.91. The van der Waals surface area contributed by atoms with Gasteiger partial charge < -0.3 is 10.1 Å². The third-order valence-electron chi connectivity index (χ3n) is 3.83. The van der Waals surface area contributed by atoms with Crippen molar-refractivity contribution in [2.24, 2.45) is 0 Å². The summed E-state index contributed by atoms with van der Waals surface area (Å²) in [5.41, 5.74) is 0.256. The third-order valence-corrected chi connectivity index (χ3v) is 3.83. The molecule has 1 aliphatic rings. The van der Waals surface area contributed by atoms with Gasteiger partial charge in [-0.2, -0.15) is 0 Å². The molecular formula is C17H22FNO3. The van der Waals surface area contributed by atoms with Crippen molar-refractivity contribution in [3.05, 3.63) is 29.6 Å². The second-order valence-electron chi connectivity index (χ2n) is 5.75. The minimum absolute atomic E-state index is 0.131. The van der Waals surface area contributed by atoms with E-state index in [9.17, 15) is 14.0 Å². The van der Waals surface area contributed by atoms with Crippen LogP contribution in [0.15, 0.2) is 18.2 Å². The largest absolute Gasteiger partial charge is 0.459 e. The molecule has 0 bridgehead atoms. The summed E-state index contributed by atoms with van der Waals surface area (Å²) in [7, 11) is 0. The molecule has 0 saturated heterocycles. The maximum Gasteiger partial charge on any atom is 0.341 e. The van der Waals surface area contributed by atoms with Crippen molar-refractivity contribution < 1.29 is 18.7 Å². The van der Waals surface area contributed by atoms with Gasteiger partial charge in [-0.1, -0.05) is 19.3 Å². The van der Waals surface area contributed by atoms with Gasteiger partial charge in [0.25, 0.3) is 0 Å². The number of carbonyl (C=O) groups excluding carboxylic acids is 2. The van der Waals surface area contributed by atoms with Crippen LogP contribution in [0.1, 0.15) is 62.2 Å². The van der Waals surface area contributed by atoms with Gasteiger partial charge in [0.2, 0.25) is 5.91 Å².